The summed E-state index contributed by atoms with van der Waals surface area (Å²) in [6.07, 6.45) is 3.05. The van der Waals surface area contributed by atoms with Crippen molar-refractivity contribution in [2.24, 2.45) is 0 Å². The van der Waals surface area contributed by atoms with E-state index >= 15 is 0 Å². The zero-order chi connectivity index (χ0) is 10.1. The van der Waals surface area contributed by atoms with E-state index in [4.69, 9.17) is 4.74 Å². The third-order valence-electron chi connectivity index (χ3n) is 2.86. The maximum atomic E-state index is 9.24. The average Bonchev–Trinajstić information content (AvgIpc) is 2.80. The number of phenolic OH excluding ortho intramolecular Hbond substituents is 1. The molecule has 0 amide bonds. The number of aromatic hydroxyl groups is 1. The molecule has 2 unspecified atom stereocenters. The van der Waals surface area contributed by atoms with E-state index in [9.17, 15) is 5.11 Å². The third-order valence-corrected chi connectivity index (χ3v) is 2.86. The van der Waals surface area contributed by atoms with Gasteiger partial charge in [0, 0.05) is 0 Å². The molecule has 0 aromatic heterocycles. The molecule has 0 aliphatic carbocycles. The summed E-state index contributed by atoms with van der Waals surface area (Å²) in [5.74, 6) is 0.349. The second-order valence-corrected chi connectivity index (χ2v) is 4.03. The van der Waals surface area contributed by atoms with Crippen LogP contribution >= 0.6 is 0 Å². The molecule has 0 spiro atoms. The van der Waals surface area contributed by atoms with Crippen LogP contribution in [0.5, 0.6) is 5.75 Å². The Balaban J connectivity index is 1.95. The number of hydrogen-bond acceptors (Lipinski definition) is 2. The standard InChI is InChI=1S/C12H16O2/c1-8-7-11(13)5-3-10(8)4-6-12-9(2)14-12/h3,5,7,9,12-13H,4,6H2,1-2H3. The van der Waals surface area contributed by atoms with E-state index < -0.39 is 0 Å². The van der Waals surface area contributed by atoms with Crippen molar-refractivity contribution < 1.29 is 9.84 Å². The number of hydrogen-bond donors (Lipinski definition) is 1. The lowest BCUT2D eigenvalue weighted by molar-refractivity contribution is 0.370. The SMILES string of the molecule is Cc1cc(O)ccc1CCC1OC1C. The first kappa shape index (κ1) is 9.53. The highest BCUT2D eigenvalue weighted by atomic mass is 16.6. The molecule has 2 nitrogen and oxygen atoms in total. The zero-order valence-electron chi connectivity index (χ0n) is 8.66. The van der Waals surface area contributed by atoms with Gasteiger partial charge >= 0.3 is 0 Å². The van der Waals surface area contributed by atoms with Crippen LogP contribution in [0, 0.1) is 6.92 Å². The van der Waals surface area contributed by atoms with Crippen LogP contribution in [-0.4, -0.2) is 17.3 Å². The van der Waals surface area contributed by atoms with Gasteiger partial charge in [-0.25, -0.2) is 0 Å². The second kappa shape index (κ2) is 3.62. The molecule has 1 aliphatic rings. The van der Waals surface area contributed by atoms with Gasteiger partial charge in [-0.2, -0.15) is 0 Å². The Morgan fingerprint density at radius 2 is 2.14 bits per heavy atom. The molecular weight excluding hydrogens is 176 g/mol. The zero-order valence-corrected chi connectivity index (χ0v) is 8.66. The predicted molar refractivity (Wildman–Crippen MR) is 55.5 cm³/mol. The molecule has 0 radical (unpaired) electrons. The molecule has 1 N–H and O–H groups in total. The summed E-state index contributed by atoms with van der Waals surface area (Å²) >= 11 is 0. The molecule has 0 bridgehead atoms. The van der Waals surface area contributed by atoms with Crippen LogP contribution in [0.25, 0.3) is 0 Å². The summed E-state index contributed by atoms with van der Waals surface area (Å²) in [5, 5.41) is 9.24. The van der Waals surface area contributed by atoms with Gasteiger partial charge in [0.25, 0.3) is 0 Å². The third kappa shape index (κ3) is 2.07. The van der Waals surface area contributed by atoms with Crippen LogP contribution in [0.3, 0.4) is 0 Å². The molecule has 1 aromatic rings. The monoisotopic (exact) mass is 192 g/mol. The number of epoxide rings is 1. The number of rotatable bonds is 3. The first-order valence-corrected chi connectivity index (χ1v) is 5.11. The minimum Gasteiger partial charge on any atom is -0.508 e. The van der Waals surface area contributed by atoms with Crippen molar-refractivity contribution in [1.29, 1.82) is 0 Å². The van der Waals surface area contributed by atoms with Crippen LogP contribution in [0.2, 0.25) is 0 Å². The van der Waals surface area contributed by atoms with Gasteiger partial charge in [0.15, 0.2) is 0 Å². The summed E-state index contributed by atoms with van der Waals surface area (Å²) in [5.41, 5.74) is 2.48. The summed E-state index contributed by atoms with van der Waals surface area (Å²) in [6, 6.07) is 5.56. The molecule has 2 heteroatoms. The summed E-state index contributed by atoms with van der Waals surface area (Å²) < 4.78 is 5.35. The van der Waals surface area contributed by atoms with Gasteiger partial charge in [-0.1, -0.05) is 6.07 Å². The van der Waals surface area contributed by atoms with Crippen LogP contribution in [0.1, 0.15) is 24.5 Å². The van der Waals surface area contributed by atoms with Gasteiger partial charge in [-0.3, -0.25) is 0 Å². The number of ether oxygens (including phenoxy) is 1. The Kier molecular flexibility index (Phi) is 2.46. The lowest BCUT2D eigenvalue weighted by Gasteiger charge is -2.04. The van der Waals surface area contributed by atoms with Gasteiger partial charge < -0.3 is 9.84 Å². The van der Waals surface area contributed by atoms with Crippen molar-refractivity contribution in [3.63, 3.8) is 0 Å². The van der Waals surface area contributed by atoms with Gasteiger partial charge in [0.1, 0.15) is 5.75 Å². The fraction of sp³-hybridized carbons (Fsp3) is 0.500. The molecule has 14 heavy (non-hydrogen) atoms. The molecule has 76 valence electrons. The molecule has 1 fully saturated rings. The maximum absolute atomic E-state index is 9.24. The Morgan fingerprint density at radius 3 is 2.71 bits per heavy atom. The fourth-order valence-corrected chi connectivity index (χ4v) is 1.79. The summed E-state index contributed by atoms with van der Waals surface area (Å²) in [6.45, 7) is 4.14. The van der Waals surface area contributed by atoms with Crippen LogP contribution < -0.4 is 0 Å². The number of benzene rings is 1. The van der Waals surface area contributed by atoms with E-state index in [-0.39, 0.29) is 0 Å². The van der Waals surface area contributed by atoms with E-state index in [2.05, 4.69) is 6.92 Å². The minimum absolute atomic E-state index is 0.349. The largest absolute Gasteiger partial charge is 0.508 e. The molecule has 0 saturated carbocycles. The molecule has 1 aliphatic heterocycles. The Morgan fingerprint density at radius 1 is 1.43 bits per heavy atom. The lowest BCUT2D eigenvalue weighted by Crippen LogP contribution is -1.95. The van der Waals surface area contributed by atoms with E-state index in [1.165, 1.54) is 11.1 Å². The number of aryl methyl sites for hydroxylation is 2. The average molecular weight is 192 g/mol. The highest BCUT2D eigenvalue weighted by molar-refractivity contribution is 5.33. The van der Waals surface area contributed by atoms with E-state index in [0.29, 0.717) is 18.0 Å². The normalized spacial score (nSPS) is 25.0. The number of phenols is 1. The van der Waals surface area contributed by atoms with E-state index in [1.807, 2.05) is 19.1 Å². The summed E-state index contributed by atoms with van der Waals surface area (Å²) in [7, 11) is 0. The van der Waals surface area contributed by atoms with Crippen LogP contribution in [-0.2, 0) is 11.2 Å². The Bertz CT molecular complexity index is 333. The predicted octanol–water partition coefficient (Wildman–Crippen LogP) is 2.42. The van der Waals surface area contributed by atoms with Crippen molar-refractivity contribution in [1.82, 2.24) is 0 Å². The summed E-state index contributed by atoms with van der Waals surface area (Å²) in [4.78, 5) is 0. The highest BCUT2D eigenvalue weighted by Crippen LogP contribution is 2.27. The van der Waals surface area contributed by atoms with E-state index in [1.54, 1.807) is 6.07 Å². The molecular formula is C12H16O2. The second-order valence-electron chi connectivity index (χ2n) is 4.03. The van der Waals surface area contributed by atoms with Crippen molar-refractivity contribution >= 4 is 0 Å². The van der Waals surface area contributed by atoms with Gasteiger partial charge in [0.2, 0.25) is 0 Å². The van der Waals surface area contributed by atoms with Crippen molar-refractivity contribution in [2.45, 2.75) is 38.9 Å². The van der Waals surface area contributed by atoms with Gasteiger partial charge in [-0.05, 0) is 49.9 Å². The van der Waals surface area contributed by atoms with Gasteiger partial charge in [-0.15, -0.1) is 0 Å². The molecule has 1 aromatic carbocycles. The fourth-order valence-electron chi connectivity index (χ4n) is 1.79. The van der Waals surface area contributed by atoms with Crippen LogP contribution in [0.4, 0.5) is 0 Å². The first-order valence-electron chi connectivity index (χ1n) is 5.11. The van der Waals surface area contributed by atoms with Crippen LogP contribution in [0.15, 0.2) is 18.2 Å². The van der Waals surface area contributed by atoms with Gasteiger partial charge in [0.05, 0.1) is 12.2 Å². The molecule has 2 atom stereocenters. The lowest BCUT2D eigenvalue weighted by atomic mass is 10.0. The smallest absolute Gasteiger partial charge is 0.115 e. The quantitative estimate of drug-likeness (QED) is 0.746. The molecule has 1 heterocycles. The molecule has 2 rings (SSSR count). The first-order chi connectivity index (χ1) is 6.66. The van der Waals surface area contributed by atoms with Crippen molar-refractivity contribution in [2.75, 3.05) is 0 Å². The Labute approximate surface area is 84.5 Å². The Hall–Kier alpha value is -1.02. The molecule has 1 saturated heterocycles. The van der Waals surface area contributed by atoms with Crippen molar-refractivity contribution in [3.05, 3.63) is 29.3 Å². The maximum Gasteiger partial charge on any atom is 0.115 e. The highest BCUT2D eigenvalue weighted by Gasteiger charge is 2.33. The van der Waals surface area contributed by atoms with Crippen molar-refractivity contribution in [3.8, 4) is 5.75 Å². The minimum atomic E-state index is 0.349. The van der Waals surface area contributed by atoms with E-state index in [0.717, 1.165) is 12.8 Å². The topological polar surface area (TPSA) is 32.8 Å².